The number of piperidine rings is 1. The summed E-state index contributed by atoms with van der Waals surface area (Å²) in [6, 6.07) is 6.33. The molecule has 1 aromatic carbocycles. The highest BCUT2D eigenvalue weighted by Crippen LogP contribution is 2.47. The first-order valence-electron chi connectivity index (χ1n) is 8.47. The first kappa shape index (κ1) is 16.7. The number of carboxylic acids is 1. The highest BCUT2D eigenvalue weighted by atomic mass is 19.1. The number of nitrogens with one attached hydrogen (secondary N) is 1. The van der Waals surface area contributed by atoms with Crippen LogP contribution in [0.25, 0.3) is 0 Å². The molecule has 0 spiro atoms. The van der Waals surface area contributed by atoms with E-state index in [-0.39, 0.29) is 23.8 Å². The molecule has 1 aliphatic carbocycles. The Balaban J connectivity index is 1.50. The summed E-state index contributed by atoms with van der Waals surface area (Å²) >= 11 is 0. The summed E-state index contributed by atoms with van der Waals surface area (Å²) in [7, 11) is 0. The number of aliphatic carboxylic acids is 1. The molecule has 0 radical (unpaired) electrons. The van der Waals surface area contributed by atoms with E-state index >= 15 is 0 Å². The predicted octanol–water partition coefficient (Wildman–Crippen LogP) is 2.65. The molecule has 2 aliphatic rings. The molecule has 1 saturated heterocycles. The van der Waals surface area contributed by atoms with E-state index < -0.39 is 11.9 Å². The zero-order valence-corrected chi connectivity index (χ0v) is 13.6. The van der Waals surface area contributed by atoms with Crippen LogP contribution in [0.4, 0.5) is 9.18 Å². The number of carboxylic acid groups (broad SMARTS) is 1. The van der Waals surface area contributed by atoms with Crippen molar-refractivity contribution in [2.24, 2.45) is 11.3 Å². The summed E-state index contributed by atoms with van der Waals surface area (Å²) in [5.41, 5.74) is 1.14. The Hall–Kier alpha value is -2.11. The van der Waals surface area contributed by atoms with Crippen molar-refractivity contribution in [1.82, 2.24) is 10.2 Å². The van der Waals surface area contributed by atoms with Gasteiger partial charge in [-0.3, -0.25) is 4.79 Å². The number of urea groups is 1. The van der Waals surface area contributed by atoms with Crippen LogP contribution in [0.15, 0.2) is 24.3 Å². The van der Waals surface area contributed by atoms with Crippen molar-refractivity contribution < 1.29 is 19.1 Å². The summed E-state index contributed by atoms with van der Waals surface area (Å²) in [5.74, 6) is -1.53. The molecular formula is C18H23FN2O3. The van der Waals surface area contributed by atoms with Gasteiger partial charge in [0.2, 0.25) is 0 Å². The van der Waals surface area contributed by atoms with Gasteiger partial charge in [0.1, 0.15) is 5.82 Å². The van der Waals surface area contributed by atoms with Gasteiger partial charge in [0, 0.05) is 19.6 Å². The van der Waals surface area contributed by atoms with Crippen molar-refractivity contribution in [2.45, 2.75) is 32.1 Å². The van der Waals surface area contributed by atoms with Crippen molar-refractivity contribution in [3.05, 3.63) is 35.6 Å². The zero-order chi connectivity index (χ0) is 17.2. The molecule has 1 aliphatic heterocycles. The van der Waals surface area contributed by atoms with E-state index in [0.29, 0.717) is 19.5 Å². The number of rotatable bonds is 5. The average molecular weight is 334 g/mol. The fourth-order valence-corrected chi connectivity index (χ4v) is 3.37. The molecule has 0 bridgehead atoms. The van der Waals surface area contributed by atoms with Crippen LogP contribution >= 0.6 is 0 Å². The number of nitrogens with zero attached hydrogens (tertiary/aromatic N) is 1. The molecule has 24 heavy (non-hydrogen) atoms. The lowest BCUT2D eigenvalue weighted by Crippen LogP contribution is -2.48. The average Bonchev–Trinajstić information content (AvgIpc) is 3.35. The third-order valence-electron chi connectivity index (χ3n) is 5.12. The van der Waals surface area contributed by atoms with E-state index in [4.69, 9.17) is 5.11 Å². The molecule has 0 aromatic heterocycles. The molecule has 1 atom stereocenters. The summed E-state index contributed by atoms with van der Waals surface area (Å²) < 4.78 is 13.0. The Morgan fingerprint density at radius 3 is 2.62 bits per heavy atom. The first-order valence-corrected chi connectivity index (χ1v) is 8.47. The van der Waals surface area contributed by atoms with Crippen LogP contribution in [0, 0.1) is 17.2 Å². The third kappa shape index (κ3) is 4.04. The van der Waals surface area contributed by atoms with Crippen LogP contribution in [-0.2, 0) is 11.2 Å². The van der Waals surface area contributed by atoms with Gasteiger partial charge in [0.05, 0.1) is 5.92 Å². The molecule has 2 amide bonds. The Morgan fingerprint density at radius 2 is 2.00 bits per heavy atom. The lowest BCUT2D eigenvalue weighted by Gasteiger charge is -2.31. The van der Waals surface area contributed by atoms with Gasteiger partial charge in [-0.2, -0.15) is 0 Å². The van der Waals surface area contributed by atoms with Gasteiger partial charge in [0.15, 0.2) is 0 Å². The van der Waals surface area contributed by atoms with Gasteiger partial charge < -0.3 is 15.3 Å². The second-order valence-corrected chi connectivity index (χ2v) is 7.09. The molecule has 1 heterocycles. The second-order valence-electron chi connectivity index (χ2n) is 7.09. The van der Waals surface area contributed by atoms with Gasteiger partial charge in [-0.1, -0.05) is 12.1 Å². The van der Waals surface area contributed by atoms with Crippen LogP contribution in [0.2, 0.25) is 0 Å². The number of likely N-dealkylation sites (tertiary alicyclic amines) is 1. The standard InChI is InChI=1S/C18H23FN2O3/c19-15-5-3-13(4-6-15)10-18(7-8-18)12-20-17(24)21-9-1-2-14(11-21)16(22)23/h3-6,14H,1-2,7-12H2,(H,20,24)(H,22,23). The Morgan fingerprint density at radius 1 is 1.29 bits per heavy atom. The van der Waals surface area contributed by atoms with Gasteiger partial charge in [-0.25, -0.2) is 9.18 Å². The third-order valence-corrected chi connectivity index (χ3v) is 5.12. The van der Waals surface area contributed by atoms with Gasteiger partial charge in [-0.15, -0.1) is 0 Å². The number of carbonyl (C=O) groups is 2. The van der Waals surface area contributed by atoms with Gasteiger partial charge in [0.25, 0.3) is 0 Å². The van der Waals surface area contributed by atoms with Gasteiger partial charge in [-0.05, 0) is 55.2 Å². The number of amides is 2. The Bertz CT molecular complexity index is 613. The van der Waals surface area contributed by atoms with Crippen molar-refractivity contribution in [1.29, 1.82) is 0 Å². The fraction of sp³-hybridized carbons (Fsp3) is 0.556. The highest BCUT2D eigenvalue weighted by Gasteiger charge is 2.43. The molecule has 1 unspecified atom stereocenters. The van der Waals surface area contributed by atoms with Crippen molar-refractivity contribution >= 4 is 12.0 Å². The van der Waals surface area contributed by atoms with Crippen molar-refractivity contribution in [3.8, 4) is 0 Å². The molecule has 130 valence electrons. The SMILES string of the molecule is O=C(O)C1CCCN(C(=O)NCC2(Cc3ccc(F)cc3)CC2)C1. The summed E-state index contributed by atoms with van der Waals surface area (Å²) in [6.45, 7) is 1.48. The fourth-order valence-electron chi connectivity index (χ4n) is 3.37. The van der Waals surface area contributed by atoms with E-state index in [1.54, 1.807) is 17.0 Å². The number of carbonyl (C=O) groups excluding carboxylic acids is 1. The minimum absolute atomic E-state index is 0.0650. The van der Waals surface area contributed by atoms with E-state index in [2.05, 4.69) is 5.32 Å². The lowest BCUT2D eigenvalue weighted by atomic mass is 9.96. The minimum Gasteiger partial charge on any atom is -0.481 e. The lowest BCUT2D eigenvalue weighted by molar-refractivity contribution is -0.143. The molecule has 2 fully saturated rings. The normalized spacial score (nSPS) is 22.0. The molecule has 2 N–H and O–H groups in total. The first-order chi connectivity index (χ1) is 11.5. The molecular weight excluding hydrogens is 311 g/mol. The summed E-state index contributed by atoms with van der Waals surface area (Å²) in [5, 5.41) is 12.1. The van der Waals surface area contributed by atoms with Crippen molar-refractivity contribution in [3.63, 3.8) is 0 Å². The summed E-state index contributed by atoms with van der Waals surface area (Å²) in [6.07, 6.45) is 4.27. The van der Waals surface area contributed by atoms with E-state index in [0.717, 1.165) is 31.2 Å². The van der Waals surface area contributed by atoms with Crippen molar-refractivity contribution in [2.75, 3.05) is 19.6 Å². The molecule has 6 heteroatoms. The highest BCUT2D eigenvalue weighted by molar-refractivity contribution is 5.76. The molecule has 3 rings (SSSR count). The number of halogens is 1. The minimum atomic E-state index is -0.831. The molecule has 1 aromatic rings. The Kier molecular flexibility index (Phi) is 4.73. The van der Waals surface area contributed by atoms with E-state index in [1.165, 1.54) is 12.1 Å². The van der Waals surface area contributed by atoms with Crippen LogP contribution in [0.1, 0.15) is 31.2 Å². The monoisotopic (exact) mass is 334 g/mol. The Labute approximate surface area is 140 Å². The number of hydrogen-bond acceptors (Lipinski definition) is 2. The van der Waals surface area contributed by atoms with E-state index in [9.17, 15) is 14.0 Å². The maximum Gasteiger partial charge on any atom is 0.317 e. The predicted molar refractivity (Wildman–Crippen MR) is 87.1 cm³/mol. The van der Waals surface area contributed by atoms with Crippen LogP contribution in [0.3, 0.4) is 0 Å². The second kappa shape index (κ2) is 6.79. The summed E-state index contributed by atoms with van der Waals surface area (Å²) in [4.78, 5) is 25.0. The smallest absolute Gasteiger partial charge is 0.317 e. The quantitative estimate of drug-likeness (QED) is 0.870. The maximum absolute atomic E-state index is 13.0. The maximum atomic E-state index is 13.0. The van der Waals surface area contributed by atoms with Gasteiger partial charge >= 0.3 is 12.0 Å². The number of benzene rings is 1. The van der Waals surface area contributed by atoms with Crippen LogP contribution < -0.4 is 5.32 Å². The largest absolute Gasteiger partial charge is 0.481 e. The van der Waals surface area contributed by atoms with E-state index in [1.807, 2.05) is 0 Å². The number of hydrogen-bond donors (Lipinski definition) is 2. The topological polar surface area (TPSA) is 69.6 Å². The van der Waals surface area contributed by atoms with Crippen LogP contribution in [0.5, 0.6) is 0 Å². The zero-order valence-electron chi connectivity index (χ0n) is 13.6. The molecule has 1 saturated carbocycles. The molecule has 5 nitrogen and oxygen atoms in total. The van der Waals surface area contributed by atoms with Crippen LogP contribution in [-0.4, -0.2) is 41.6 Å².